The number of benzene rings is 1. The highest BCUT2D eigenvalue weighted by Crippen LogP contribution is 2.39. The lowest BCUT2D eigenvalue weighted by Crippen LogP contribution is -2.25. The van der Waals surface area contributed by atoms with E-state index in [1.807, 2.05) is 0 Å². The van der Waals surface area contributed by atoms with Crippen molar-refractivity contribution in [1.29, 1.82) is 0 Å². The van der Waals surface area contributed by atoms with E-state index in [1.165, 1.54) is 34.0 Å². The predicted molar refractivity (Wildman–Crippen MR) is 99.6 cm³/mol. The second-order valence-corrected chi connectivity index (χ2v) is 6.51. The number of fused-ring (bicyclic) bond motifs is 1. The van der Waals surface area contributed by atoms with Crippen molar-refractivity contribution in [2.45, 2.75) is 13.1 Å². The fourth-order valence-corrected chi connectivity index (χ4v) is 3.06. The van der Waals surface area contributed by atoms with Crippen LogP contribution in [0.15, 0.2) is 48.9 Å². The molecular weight excluding hydrogens is 385 g/mol. The number of alkyl halides is 3. The summed E-state index contributed by atoms with van der Waals surface area (Å²) in [4.78, 5) is 20.7. The third kappa shape index (κ3) is 3.44. The molecular formula is C19H15F3N6O. The van der Waals surface area contributed by atoms with Crippen LogP contribution in [0.2, 0.25) is 0 Å². The molecule has 10 heteroatoms. The minimum Gasteiger partial charge on any atom is -0.264 e. The molecule has 3 aromatic heterocycles. The largest absolute Gasteiger partial charge is 0.417 e. The van der Waals surface area contributed by atoms with Gasteiger partial charge in [-0.2, -0.15) is 13.2 Å². The first-order valence-electron chi connectivity index (χ1n) is 8.56. The first-order chi connectivity index (χ1) is 13.7. The van der Waals surface area contributed by atoms with Crippen LogP contribution in [0.4, 0.5) is 13.2 Å². The molecule has 0 fully saturated rings. The molecule has 0 aliphatic rings. The normalized spacial score (nSPS) is 11.8. The van der Waals surface area contributed by atoms with Crippen LogP contribution < -0.4 is 5.43 Å². The van der Waals surface area contributed by atoms with Gasteiger partial charge < -0.3 is 0 Å². The summed E-state index contributed by atoms with van der Waals surface area (Å²) < 4.78 is 43.5. The zero-order valence-corrected chi connectivity index (χ0v) is 15.4. The number of hydrogen-bond acceptors (Lipinski definition) is 4. The van der Waals surface area contributed by atoms with E-state index in [2.05, 4.69) is 20.5 Å². The Kier molecular flexibility index (Phi) is 4.33. The van der Waals surface area contributed by atoms with Gasteiger partial charge in [-0.3, -0.25) is 14.9 Å². The van der Waals surface area contributed by atoms with Crippen molar-refractivity contribution < 1.29 is 18.0 Å². The Morgan fingerprint density at radius 3 is 2.62 bits per heavy atom. The molecule has 1 aromatic carbocycles. The van der Waals surface area contributed by atoms with Crippen LogP contribution in [-0.4, -0.2) is 30.3 Å². The average molecular weight is 400 g/mol. The lowest BCUT2D eigenvalue weighted by molar-refractivity contribution is -0.137. The van der Waals surface area contributed by atoms with Gasteiger partial charge in [0, 0.05) is 24.2 Å². The van der Waals surface area contributed by atoms with Crippen LogP contribution in [0.25, 0.3) is 22.3 Å². The van der Waals surface area contributed by atoms with Gasteiger partial charge in [0.25, 0.3) is 0 Å². The van der Waals surface area contributed by atoms with Crippen molar-refractivity contribution in [3.8, 4) is 11.3 Å². The second-order valence-electron chi connectivity index (χ2n) is 6.51. The molecule has 0 unspecified atom stereocenters. The molecule has 4 rings (SSSR count). The molecule has 0 saturated carbocycles. The molecule has 1 N–H and O–H groups in total. The Balaban J connectivity index is 1.91. The molecule has 0 saturated heterocycles. The highest BCUT2D eigenvalue weighted by Gasteiger charge is 2.34. The quantitative estimate of drug-likeness (QED) is 0.571. The molecule has 0 aliphatic heterocycles. The van der Waals surface area contributed by atoms with E-state index in [-0.39, 0.29) is 17.1 Å². The van der Waals surface area contributed by atoms with Crippen molar-refractivity contribution in [3.63, 3.8) is 0 Å². The SMILES string of the molecule is Cc1ccc(C(F)(F)F)c(-c2cc3cccnc3n2NC(=O)c2ncn(C)n2)c1. The fourth-order valence-electron chi connectivity index (χ4n) is 3.06. The van der Waals surface area contributed by atoms with E-state index in [4.69, 9.17) is 0 Å². The lowest BCUT2D eigenvalue weighted by Gasteiger charge is -2.16. The van der Waals surface area contributed by atoms with Gasteiger partial charge in [-0.25, -0.2) is 14.6 Å². The van der Waals surface area contributed by atoms with Gasteiger partial charge in [0.05, 0.1) is 11.3 Å². The van der Waals surface area contributed by atoms with Gasteiger partial charge in [-0.15, -0.1) is 5.10 Å². The Labute approximate surface area is 162 Å². The standard InChI is InChI=1S/C19H15F3N6O/c1-11-5-6-14(19(20,21)22)13(8-11)15-9-12-4-3-7-23-17(12)28(15)26-18(29)16-24-10-27(2)25-16/h3-10H,1-2H3,(H,26,29). The summed E-state index contributed by atoms with van der Waals surface area (Å²) in [7, 11) is 1.60. The number of aryl methyl sites for hydroxylation is 2. The summed E-state index contributed by atoms with van der Waals surface area (Å²) in [5.41, 5.74) is 2.80. The van der Waals surface area contributed by atoms with Gasteiger partial charge in [-0.1, -0.05) is 11.6 Å². The summed E-state index contributed by atoms with van der Waals surface area (Å²) >= 11 is 0. The Hall–Kier alpha value is -3.69. The zero-order valence-electron chi connectivity index (χ0n) is 15.4. The number of nitrogens with zero attached hydrogens (tertiary/aromatic N) is 5. The molecule has 7 nitrogen and oxygen atoms in total. The topological polar surface area (TPSA) is 77.6 Å². The van der Waals surface area contributed by atoms with Gasteiger partial charge in [0.1, 0.15) is 6.33 Å². The van der Waals surface area contributed by atoms with E-state index in [0.717, 1.165) is 6.07 Å². The predicted octanol–water partition coefficient (Wildman–Crippen LogP) is 3.54. The second kappa shape index (κ2) is 6.73. The first kappa shape index (κ1) is 18.7. The molecule has 1 amide bonds. The monoisotopic (exact) mass is 400 g/mol. The molecule has 29 heavy (non-hydrogen) atoms. The van der Waals surface area contributed by atoms with Gasteiger partial charge in [0.15, 0.2) is 5.65 Å². The van der Waals surface area contributed by atoms with Crippen LogP contribution in [0, 0.1) is 6.92 Å². The summed E-state index contributed by atoms with van der Waals surface area (Å²) in [5.74, 6) is -0.785. The van der Waals surface area contributed by atoms with E-state index < -0.39 is 17.6 Å². The number of amides is 1. The number of aromatic nitrogens is 5. The Morgan fingerprint density at radius 2 is 1.93 bits per heavy atom. The van der Waals surface area contributed by atoms with E-state index in [9.17, 15) is 18.0 Å². The molecule has 0 radical (unpaired) electrons. The molecule has 0 bridgehead atoms. The number of hydrogen-bond donors (Lipinski definition) is 1. The summed E-state index contributed by atoms with van der Waals surface area (Å²) in [6.07, 6.45) is -1.72. The van der Waals surface area contributed by atoms with Crippen LogP contribution in [0.3, 0.4) is 0 Å². The van der Waals surface area contributed by atoms with Crippen molar-refractivity contribution in [3.05, 3.63) is 65.9 Å². The fraction of sp³-hybridized carbons (Fsp3) is 0.158. The third-order valence-corrected chi connectivity index (χ3v) is 4.33. The zero-order chi connectivity index (χ0) is 20.8. The van der Waals surface area contributed by atoms with Crippen LogP contribution in [-0.2, 0) is 13.2 Å². The number of carbonyl (C=O) groups excluding carboxylic acids is 1. The summed E-state index contributed by atoms with van der Waals surface area (Å²) in [6, 6.07) is 8.78. The van der Waals surface area contributed by atoms with Crippen molar-refractivity contribution in [1.82, 2.24) is 24.4 Å². The van der Waals surface area contributed by atoms with E-state index in [1.54, 1.807) is 32.2 Å². The number of rotatable bonds is 3. The molecule has 3 heterocycles. The summed E-state index contributed by atoms with van der Waals surface area (Å²) in [6.45, 7) is 1.70. The van der Waals surface area contributed by atoms with E-state index >= 15 is 0 Å². The van der Waals surface area contributed by atoms with Gasteiger partial charge in [-0.05, 0) is 37.3 Å². The van der Waals surface area contributed by atoms with Gasteiger partial charge in [0.2, 0.25) is 5.82 Å². The third-order valence-electron chi connectivity index (χ3n) is 4.33. The molecule has 0 spiro atoms. The smallest absolute Gasteiger partial charge is 0.264 e. The van der Waals surface area contributed by atoms with Crippen LogP contribution in [0.5, 0.6) is 0 Å². The van der Waals surface area contributed by atoms with Gasteiger partial charge >= 0.3 is 12.1 Å². The maximum atomic E-state index is 13.6. The molecule has 0 aliphatic carbocycles. The maximum Gasteiger partial charge on any atom is 0.417 e. The Morgan fingerprint density at radius 1 is 1.14 bits per heavy atom. The highest BCUT2D eigenvalue weighted by molar-refractivity contribution is 5.99. The summed E-state index contributed by atoms with van der Waals surface area (Å²) in [5, 5.41) is 4.50. The lowest BCUT2D eigenvalue weighted by atomic mass is 10.0. The average Bonchev–Trinajstić information content (AvgIpc) is 3.25. The van der Waals surface area contributed by atoms with Crippen molar-refractivity contribution in [2.75, 3.05) is 5.43 Å². The number of carbonyl (C=O) groups is 1. The molecule has 0 atom stereocenters. The number of pyridine rings is 1. The maximum absolute atomic E-state index is 13.6. The number of nitrogens with one attached hydrogen (secondary N) is 1. The van der Waals surface area contributed by atoms with E-state index in [0.29, 0.717) is 16.6 Å². The van der Waals surface area contributed by atoms with Crippen molar-refractivity contribution in [2.24, 2.45) is 7.05 Å². The highest BCUT2D eigenvalue weighted by atomic mass is 19.4. The first-order valence-corrected chi connectivity index (χ1v) is 8.56. The van der Waals surface area contributed by atoms with Crippen LogP contribution >= 0.6 is 0 Å². The molecule has 4 aromatic rings. The van der Waals surface area contributed by atoms with Crippen molar-refractivity contribution >= 4 is 16.9 Å². The Bertz CT molecular complexity index is 1220. The molecule has 148 valence electrons. The minimum atomic E-state index is -4.57. The number of halogens is 3. The van der Waals surface area contributed by atoms with Crippen LogP contribution in [0.1, 0.15) is 21.7 Å². The minimum absolute atomic E-state index is 0.0650.